The van der Waals surface area contributed by atoms with E-state index in [1.165, 1.54) is 6.92 Å². The molecule has 0 saturated heterocycles. The van der Waals surface area contributed by atoms with Crippen LogP contribution in [0.5, 0.6) is 0 Å². The minimum Gasteiger partial charge on any atom is -0.317 e. The largest absolute Gasteiger partial charge is 0.362 e. The lowest BCUT2D eigenvalue weighted by Gasteiger charge is -2.14. The fourth-order valence-electron chi connectivity index (χ4n) is 1.00. The van der Waals surface area contributed by atoms with Crippen LogP contribution in [0, 0.1) is 6.92 Å². The first kappa shape index (κ1) is 13.1. The molecule has 1 aromatic rings. The van der Waals surface area contributed by atoms with E-state index in [-0.39, 0.29) is 16.9 Å². The summed E-state index contributed by atoms with van der Waals surface area (Å²) in [6.07, 6.45) is -4.38. The van der Waals surface area contributed by atoms with Gasteiger partial charge in [0.05, 0.1) is 13.0 Å². The Kier molecular flexibility index (Phi) is 4.43. The lowest BCUT2D eigenvalue weighted by atomic mass is 10.4. The van der Waals surface area contributed by atoms with Crippen molar-refractivity contribution in [2.75, 3.05) is 13.3 Å². The van der Waals surface area contributed by atoms with Gasteiger partial charge in [-0.2, -0.15) is 8.78 Å². The second kappa shape index (κ2) is 5.40. The van der Waals surface area contributed by atoms with Crippen molar-refractivity contribution in [2.24, 2.45) is 0 Å². The first-order chi connectivity index (χ1) is 7.43. The van der Waals surface area contributed by atoms with E-state index in [1.54, 1.807) is 0 Å². The second-order valence-corrected chi connectivity index (χ2v) is 3.26. The van der Waals surface area contributed by atoms with E-state index >= 15 is 0 Å². The molecule has 0 amide bonds. The molecule has 0 atom stereocenters. The van der Waals surface area contributed by atoms with Crippen LogP contribution >= 0.6 is 11.6 Å². The molecule has 1 heterocycles. The summed E-state index contributed by atoms with van der Waals surface area (Å²) >= 11 is 5.48. The Labute approximate surface area is 94.8 Å². The number of hydrogen-bond donors (Lipinski definition) is 0. The Morgan fingerprint density at radius 1 is 1.31 bits per heavy atom. The third-order valence-electron chi connectivity index (χ3n) is 1.52. The average Bonchev–Trinajstić information content (AvgIpc) is 2.12. The third-order valence-corrected chi connectivity index (χ3v) is 1.69. The number of aromatic nitrogens is 3. The van der Waals surface area contributed by atoms with Gasteiger partial charge in [-0.25, -0.2) is 19.3 Å². The Balaban J connectivity index is 2.71. The Bertz CT molecular complexity index is 344. The van der Waals surface area contributed by atoms with Gasteiger partial charge in [-0.1, -0.05) is 0 Å². The first-order valence-electron chi connectivity index (χ1n) is 4.38. The predicted octanol–water partition coefficient (Wildman–Crippen LogP) is 1.95. The molecule has 4 nitrogen and oxygen atoms in total. The molecule has 0 spiro atoms. The van der Waals surface area contributed by atoms with Crippen molar-refractivity contribution in [1.82, 2.24) is 15.0 Å². The van der Waals surface area contributed by atoms with E-state index < -0.39 is 25.8 Å². The van der Waals surface area contributed by atoms with Crippen molar-refractivity contribution in [3.63, 3.8) is 0 Å². The van der Waals surface area contributed by atoms with Gasteiger partial charge in [-0.15, -0.1) is 0 Å². The highest BCUT2D eigenvalue weighted by Gasteiger charge is 2.32. The first-order valence-corrected chi connectivity index (χ1v) is 4.75. The van der Waals surface area contributed by atoms with E-state index in [9.17, 15) is 13.2 Å². The third kappa shape index (κ3) is 4.28. The number of rotatable bonds is 5. The summed E-state index contributed by atoms with van der Waals surface area (Å²) in [5, 5.41) is -0.163. The van der Waals surface area contributed by atoms with Gasteiger partial charge in [0.1, 0.15) is 18.3 Å². The van der Waals surface area contributed by atoms with E-state index in [1.807, 2.05) is 0 Å². The lowest BCUT2D eigenvalue weighted by molar-refractivity contribution is -0.238. The average molecular weight is 256 g/mol. The zero-order chi connectivity index (χ0) is 12.2. The summed E-state index contributed by atoms with van der Waals surface area (Å²) in [5.41, 5.74) is 0. The van der Waals surface area contributed by atoms with Crippen molar-refractivity contribution >= 4 is 11.6 Å². The number of aryl methyl sites for hydroxylation is 1. The Morgan fingerprint density at radius 3 is 2.56 bits per heavy atom. The molecule has 0 unspecified atom stereocenters. The molecule has 16 heavy (non-hydrogen) atoms. The van der Waals surface area contributed by atoms with E-state index in [4.69, 9.17) is 11.6 Å². The van der Waals surface area contributed by atoms with Crippen LogP contribution in [0.3, 0.4) is 0 Å². The summed E-state index contributed by atoms with van der Waals surface area (Å²) in [6, 6.07) is 0. The quantitative estimate of drug-likeness (QED) is 0.807. The standard InChI is InChI=1S/C8H9ClF3N3O/c1-5-13-6(15-7(9)14-5)4-8(11,12)16-3-2-10/h2-4H2,1H3. The maximum atomic E-state index is 13.0. The highest BCUT2D eigenvalue weighted by atomic mass is 35.5. The molecule has 0 bridgehead atoms. The molecule has 8 heteroatoms. The molecule has 0 radical (unpaired) electrons. The van der Waals surface area contributed by atoms with Gasteiger partial charge >= 0.3 is 6.11 Å². The molecule has 0 aromatic carbocycles. The van der Waals surface area contributed by atoms with Crippen LogP contribution < -0.4 is 0 Å². The van der Waals surface area contributed by atoms with E-state index in [0.717, 1.165) is 0 Å². The smallest absolute Gasteiger partial charge is 0.317 e. The molecular formula is C8H9ClF3N3O. The molecule has 0 aliphatic carbocycles. The maximum Gasteiger partial charge on any atom is 0.362 e. The SMILES string of the molecule is Cc1nc(Cl)nc(CC(F)(F)OCCF)n1. The number of alkyl halides is 3. The van der Waals surface area contributed by atoms with Gasteiger partial charge in [0.15, 0.2) is 0 Å². The van der Waals surface area contributed by atoms with Gasteiger partial charge in [-0.3, -0.25) is 0 Å². The second-order valence-electron chi connectivity index (χ2n) is 2.92. The molecule has 1 aromatic heterocycles. The molecule has 0 fully saturated rings. The monoisotopic (exact) mass is 255 g/mol. The van der Waals surface area contributed by atoms with Gasteiger partial charge in [-0.05, 0) is 18.5 Å². The molecule has 0 saturated carbocycles. The van der Waals surface area contributed by atoms with E-state index in [0.29, 0.717) is 0 Å². The van der Waals surface area contributed by atoms with Gasteiger partial charge in [0.2, 0.25) is 5.28 Å². The zero-order valence-electron chi connectivity index (χ0n) is 8.38. The van der Waals surface area contributed by atoms with E-state index in [2.05, 4.69) is 19.7 Å². The predicted molar refractivity (Wildman–Crippen MR) is 50.2 cm³/mol. The molecule has 0 N–H and O–H groups in total. The van der Waals surface area contributed by atoms with Crippen molar-refractivity contribution in [2.45, 2.75) is 19.5 Å². The van der Waals surface area contributed by atoms with Crippen LogP contribution in [-0.2, 0) is 11.2 Å². The van der Waals surface area contributed by atoms with Crippen LogP contribution in [0.25, 0.3) is 0 Å². The summed E-state index contributed by atoms with van der Waals surface area (Å²) in [6.45, 7) is -0.158. The summed E-state index contributed by atoms with van der Waals surface area (Å²) in [7, 11) is 0. The van der Waals surface area contributed by atoms with Crippen molar-refractivity contribution in [3.05, 3.63) is 16.9 Å². The van der Waals surface area contributed by atoms with Crippen molar-refractivity contribution in [3.8, 4) is 0 Å². The van der Waals surface area contributed by atoms with Crippen molar-refractivity contribution < 1.29 is 17.9 Å². The van der Waals surface area contributed by atoms with Crippen LogP contribution in [0.4, 0.5) is 13.2 Å². The topological polar surface area (TPSA) is 47.9 Å². The van der Waals surface area contributed by atoms with Gasteiger partial charge in [0, 0.05) is 0 Å². The van der Waals surface area contributed by atoms with Gasteiger partial charge in [0.25, 0.3) is 0 Å². The Hall–Kier alpha value is -0.950. The van der Waals surface area contributed by atoms with Crippen LogP contribution in [0.15, 0.2) is 0 Å². The normalized spacial score (nSPS) is 11.8. The molecular weight excluding hydrogens is 247 g/mol. The van der Waals surface area contributed by atoms with Gasteiger partial charge < -0.3 is 4.74 Å². The highest BCUT2D eigenvalue weighted by Crippen LogP contribution is 2.20. The summed E-state index contributed by atoms with van der Waals surface area (Å²) in [4.78, 5) is 10.8. The summed E-state index contributed by atoms with van der Waals surface area (Å²) < 4.78 is 41.7. The molecule has 0 aliphatic rings. The molecule has 1 rings (SSSR count). The molecule has 0 aliphatic heterocycles. The highest BCUT2D eigenvalue weighted by molar-refractivity contribution is 6.28. The maximum absolute atomic E-state index is 13.0. The number of hydrogen-bond acceptors (Lipinski definition) is 4. The summed E-state index contributed by atoms with van der Waals surface area (Å²) in [5.74, 6) is 0.0395. The number of halogens is 4. The molecule has 90 valence electrons. The van der Waals surface area contributed by atoms with Crippen molar-refractivity contribution in [1.29, 1.82) is 0 Å². The number of nitrogens with zero attached hydrogens (tertiary/aromatic N) is 3. The van der Waals surface area contributed by atoms with Crippen LogP contribution in [0.1, 0.15) is 11.6 Å². The number of ether oxygens (including phenoxy) is 1. The lowest BCUT2D eigenvalue weighted by Crippen LogP contribution is -2.26. The minimum atomic E-state index is -3.51. The van der Waals surface area contributed by atoms with Crippen LogP contribution in [-0.4, -0.2) is 34.3 Å². The Morgan fingerprint density at radius 2 is 2.00 bits per heavy atom. The minimum absolute atomic E-state index is 0.163. The van der Waals surface area contributed by atoms with Crippen LogP contribution in [0.2, 0.25) is 5.28 Å². The zero-order valence-corrected chi connectivity index (χ0v) is 9.14. The fraction of sp³-hybridized carbons (Fsp3) is 0.625. The fourth-order valence-corrected chi connectivity index (χ4v) is 1.22.